The minimum absolute atomic E-state index is 0.00242. The van der Waals surface area contributed by atoms with Crippen molar-refractivity contribution in [2.24, 2.45) is 17.6 Å². The quantitative estimate of drug-likeness (QED) is 0.182. The number of alkyl halides is 3. The number of hydrogen-bond acceptors (Lipinski definition) is 11. The first-order chi connectivity index (χ1) is 25.4. The summed E-state index contributed by atoms with van der Waals surface area (Å²) in [7, 11) is 0. The van der Waals surface area contributed by atoms with Crippen LogP contribution in [-0.4, -0.2) is 56.9 Å². The largest absolute Gasteiger partial charge is 0.573 e. The zero-order valence-corrected chi connectivity index (χ0v) is 28.4. The van der Waals surface area contributed by atoms with Crippen molar-refractivity contribution in [3.63, 3.8) is 0 Å². The zero-order chi connectivity index (χ0) is 37.1. The maximum Gasteiger partial charge on any atom is 0.573 e. The van der Waals surface area contributed by atoms with Gasteiger partial charge in [0.2, 0.25) is 5.78 Å². The molecule has 0 spiro atoms. The second kappa shape index (κ2) is 13.3. The van der Waals surface area contributed by atoms with E-state index in [0.717, 1.165) is 24.0 Å². The molecule has 3 aliphatic carbocycles. The Balaban J connectivity index is 1.22. The van der Waals surface area contributed by atoms with E-state index in [-0.39, 0.29) is 77.8 Å². The molecule has 0 unspecified atom stereocenters. The topological polar surface area (TPSA) is 158 Å². The number of allylic oxidation sites excluding steroid dienone is 1. The van der Waals surface area contributed by atoms with Gasteiger partial charge in [0.1, 0.15) is 36.0 Å². The molecule has 53 heavy (non-hydrogen) atoms. The highest BCUT2D eigenvalue weighted by molar-refractivity contribution is 6.16. The number of carbonyl (C=O) groups excluding carboxylic acids is 2. The highest BCUT2D eigenvalue weighted by Crippen LogP contribution is 2.56. The minimum atomic E-state index is -5.09. The molecule has 4 aromatic rings. The SMILES string of the molecule is N[C@@H]1c2onc(OCc3ccccc3)c2C(=O)[C@@]2(O)C(O)=C3C(=O)c4c(OCc5ccccc5)cc(CN5CCCC5)c(OC(F)(F)F)c4C[C@H]3C[C@@H]12. The molecule has 0 bridgehead atoms. The third-order valence-electron chi connectivity index (χ3n) is 10.7. The molecule has 0 radical (unpaired) electrons. The van der Waals surface area contributed by atoms with E-state index >= 15 is 0 Å². The normalized spacial score (nSPS) is 24.0. The summed E-state index contributed by atoms with van der Waals surface area (Å²) in [4.78, 5) is 30.9. The Morgan fingerprint density at radius 2 is 1.60 bits per heavy atom. The molecule has 3 aromatic carbocycles. The number of Topliss-reactive ketones (excluding diaryl/α,β-unsaturated/α-hetero) is 2. The van der Waals surface area contributed by atoms with Gasteiger partial charge in [0.15, 0.2) is 17.1 Å². The van der Waals surface area contributed by atoms with Gasteiger partial charge in [-0.1, -0.05) is 60.7 Å². The first kappa shape index (κ1) is 34.9. The van der Waals surface area contributed by atoms with E-state index in [4.69, 9.17) is 24.5 Å². The summed E-state index contributed by atoms with van der Waals surface area (Å²) in [6.07, 6.45) is -3.67. The monoisotopic (exact) mass is 731 g/mol. The average molecular weight is 732 g/mol. The first-order valence-corrected chi connectivity index (χ1v) is 17.4. The third-order valence-corrected chi connectivity index (χ3v) is 10.7. The Labute approximate surface area is 301 Å². The van der Waals surface area contributed by atoms with Crippen LogP contribution in [-0.2, 0) is 26.2 Å². The molecule has 1 aromatic heterocycles. The molecule has 2 heterocycles. The van der Waals surface area contributed by atoms with Gasteiger partial charge >= 0.3 is 6.36 Å². The Morgan fingerprint density at radius 3 is 2.25 bits per heavy atom. The Morgan fingerprint density at radius 1 is 0.962 bits per heavy atom. The van der Waals surface area contributed by atoms with E-state index in [9.17, 15) is 33.0 Å². The Kier molecular flexibility index (Phi) is 8.78. The average Bonchev–Trinajstić information content (AvgIpc) is 3.82. The maximum atomic E-state index is 14.6. The van der Waals surface area contributed by atoms with E-state index in [1.165, 1.54) is 6.07 Å². The molecule has 1 fully saturated rings. The summed E-state index contributed by atoms with van der Waals surface area (Å²) < 4.78 is 64.5. The van der Waals surface area contributed by atoms with Crippen LogP contribution in [0.4, 0.5) is 13.2 Å². The fourth-order valence-electron chi connectivity index (χ4n) is 8.22. The molecular formula is C39H36F3N3O8. The van der Waals surface area contributed by atoms with Crippen LogP contribution in [0.2, 0.25) is 0 Å². The number of nitrogens with two attached hydrogens (primary N) is 1. The number of nitrogens with zero attached hydrogens (tertiary/aromatic N) is 2. The third kappa shape index (κ3) is 6.13. The number of carbonyl (C=O) groups is 2. The molecule has 4 atom stereocenters. The van der Waals surface area contributed by atoms with Gasteiger partial charge in [0, 0.05) is 29.2 Å². The van der Waals surface area contributed by atoms with Crippen LogP contribution < -0.4 is 19.9 Å². The number of ether oxygens (including phenoxy) is 3. The number of likely N-dealkylation sites (tertiary alicyclic amines) is 1. The summed E-state index contributed by atoms with van der Waals surface area (Å²) in [6.45, 7) is 1.47. The lowest BCUT2D eigenvalue weighted by molar-refractivity contribution is -0.275. The van der Waals surface area contributed by atoms with Crippen LogP contribution in [0.3, 0.4) is 0 Å². The predicted octanol–water partition coefficient (Wildman–Crippen LogP) is 6.14. The van der Waals surface area contributed by atoms with Crippen LogP contribution in [0, 0.1) is 11.8 Å². The molecule has 1 saturated heterocycles. The van der Waals surface area contributed by atoms with E-state index in [2.05, 4.69) is 5.16 Å². The number of aliphatic hydroxyl groups is 2. The second-order valence-corrected chi connectivity index (χ2v) is 14.0. The molecule has 0 saturated carbocycles. The van der Waals surface area contributed by atoms with Crippen LogP contribution in [0.15, 0.2) is 82.6 Å². The van der Waals surface area contributed by atoms with Gasteiger partial charge in [-0.3, -0.25) is 14.5 Å². The fraction of sp³-hybridized carbons (Fsp3) is 0.359. The zero-order valence-electron chi connectivity index (χ0n) is 28.4. The predicted molar refractivity (Wildman–Crippen MR) is 181 cm³/mol. The standard InChI is InChI=1S/C39H36F3N3O8/c40-39(41,42)52-33-24(18-45-13-7-8-14-45)17-27(50-19-21-9-3-1-4-10-21)29-25(33)15-23-16-26-31(43)34-30(36(48)38(26,49)35(47)28(23)32(29)46)37(44-53-34)51-20-22-11-5-2-6-12-22/h1-6,9-12,17,23,26,31,47,49H,7-8,13-16,18-20,43H2/t23-,26-,31-,38-/m0/s1. The Hall–Kier alpha value is -5.18. The molecule has 11 nitrogen and oxygen atoms in total. The fourth-order valence-corrected chi connectivity index (χ4v) is 8.22. The number of ketones is 2. The van der Waals surface area contributed by atoms with Gasteiger partial charge in [-0.15, -0.1) is 13.2 Å². The number of halogens is 3. The summed E-state index contributed by atoms with van der Waals surface area (Å²) in [5.74, 6) is -5.83. The van der Waals surface area contributed by atoms with Gasteiger partial charge in [-0.05, 0) is 67.0 Å². The van der Waals surface area contributed by atoms with E-state index < -0.39 is 52.9 Å². The lowest BCUT2D eigenvalue weighted by Crippen LogP contribution is -2.58. The lowest BCUT2D eigenvalue weighted by Gasteiger charge is -2.47. The van der Waals surface area contributed by atoms with E-state index in [0.29, 0.717) is 13.1 Å². The summed E-state index contributed by atoms with van der Waals surface area (Å²) in [5, 5.41) is 28.0. The number of hydrogen-bond donors (Lipinski definition) is 3. The smallest absolute Gasteiger partial charge is 0.508 e. The molecule has 0 amide bonds. The molecule has 4 aliphatic rings. The summed E-state index contributed by atoms with van der Waals surface area (Å²) in [5.41, 5.74) is 4.77. The van der Waals surface area contributed by atoms with Gasteiger partial charge < -0.3 is 34.7 Å². The van der Waals surface area contributed by atoms with Crippen LogP contribution in [0.25, 0.3) is 0 Å². The van der Waals surface area contributed by atoms with E-state index in [1.807, 2.05) is 17.0 Å². The second-order valence-electron chi connectivity index (χ2n) is 14.0. The maximum absolute atomic E-state index is 14.6. The van der Waals surface area contributed by atoms with Gasteiger partial charge in [0.05, 0.1) is 11.6 Å². The van der Waals surface area contributed by atoms with Crippen molar-refractivity contribution < 1.29 is 51.7 Å². The molecule has 4 N–H and O–H groups in total. The van der Waals surface area contributed by atoms with Crippen molar-refractivity contribution in [2.45, 2.75) is 63.4 Å². The minimum Gasteiger partial charge on any atom is -0.508 e. The summed E-state index contributed by atoms with van der Waals surface area (Å²) in [6, 6.07) is 18.2. The lowest BCUT2D eigenvalue weighted by atomic mass is 9.59. The molecular weight excluding hydrogens is 695 g/mol. The van der Waals surface area contributed by atoms with Crippen LogP contribution in [0.1, 0.15) is 74.0 Å². The van der Waals surface area contributed by atoms with Gasteiger partial charge in [-0.25, -0.2) is 0 Å². The highest BCUT2D eigenvalue weighted by atomic mass is 19.4. The van der Waals surface area contributed by atoms with Crippen molar-refractivity contribution in [3.05, 3.63) is 117 Å². The Bertz CT molecular complexity index is 2100. The number of aromatic nitrogens is 1. The van der Waals surface area contributed by atoms with Gasteiger partial charge in [0.25, 0.3) is 5.88 Å². The number of rotatable bonds is 9. The van der Waals surface area contributed by atoms with Crippen molar-refractivity contribution in [1.82, 2.24) is 10.1 Å². The molecule has 276 valence electrons. The molecule has 1 aliphatic heterocycles. The number of aliphatic hydroxyl groups excluding tert-OH is 1. The highest BCUT2D eigenvalue weighted by Gasteiger charge is 2.63. The van der Waals surface area contributed by atoms with Crippen molar-refractivity contribution in [1.29, 1.82) is 0 Å². The number of fused-ring (bicyclic) bond motifs is 4. The van der Waals surface area contributed by atoms with Gasteiger partial charge in [-0.2, -0.15) is 0 Å². The van der Waals surface area contributed by atoms with E-state index in [1.54, 1.807) is 48.5 Å². The van der Waals surface area contributed by atoms with Crippen molar-refractivity contribution in [3.8, 4) is 17.4 Å². The first-order valence-electron chi connectivity index (χ1n) is 17.4. The number of benzene rings is 3. The summed E-state index contributed by atoms with van der Waals surface area (Å²) >= 11 is 0. The van der Waals surface area contributed by atoms with Crippen molar-refractivity contribution in [2.75, 3.05) is 13.1 Å². The van der Waals surface area contributed by atoms with Crippen molar-refractivity contribution >= 4 is 11.6 Å². The van der Waals surface area contributed by atoms with Crippen LogP contribution in [0.5, 0.6) is 17.4 Å². The van der Waals surface area contributed by atoms with Crippen LogP contribution >= 0.6 is 0 Å². The molecule has 14 heteroatoms. The molecule has 8 rings (SSSR count).